The Balaban J connectivity index is 2.04. The lowest BCUT2D eigenvalue weighted by atomic mass is 10.1. The molecule has 0 amide bonds. The van der Waals surface area contributed by atoms with E-state index in [2.05, 4.69) is 78.6 Å². The van der Waals surface area contributed by atoms with Gasteiger partial charge in [0.15, 0.2) is 0 Å². The lowest BCUT2D eigenvalue weighted by Gasteiger charge is -2.27. The monoisotopic (exact) mass is 373 g/mol. The predicted octanol–water partition coefficient (Wildman–Crippen LogP) is 6.75. The van der Waals surface area contributed by atoms with E-state index < -0.39 is 6.63 Å². The number of rotatable bonds is 5. The molecule has 24 heavy (non-hydrogen) atoms. The van der Waals surface area contributed by atoms with E-state index in [-0.39, 0.29) is 0 Å². The third kappa shape index (κ3) is 3.92. The van der Waals surface area contributed by atoms with E-state index >= 15 is 0 Å². The maximum atomic E-state index is 6.30. The van der Waals surface area contributed by atoms with E-state index in [4.69, 9.17) is 22.5 Å². The Kier molecular flexibility index (Phi) is 5.79. The zero-order valence-corrected chi connectivity index (χ0v) is 15.8. The molecule has 0 saturated carbocycles. The fraction of sp³-hybridized carbons (Fsp3) is 0.100. The van der Waals surface area contributed by atoms with E-state index in [1.165, 1.54) is 5.56 Å². The van der Waals surface area contributed by atoms with Crippen molar-refractivity contribution in [3.63, 3.8) is 0 Å². The summed E-state index contributed by atoms with van der Waals surface area (Å²) in [5.74, 6) is 0. The smallest absolute Gasteiger partial charge is 0.117 e. The minimum absolute atomic E-state index is 0.726. The lowest BCUT2D eigenvalue weighted by molar-refractivity contribution is 0.980. The highest BCUT2D eigenvalue weighted by Crippen LogP contribution is 2.47. The highest BCUT2D eigenvalue weighted by atomic mass is 35.9. The molecular formula is C20H18Cl2NP. The molecule has 0 spiro atoms. The Hall–Kier alpha value is -1.53. The van der Waals surface area contributed by atoms with Gasteiger partial charge in [-0.3, -0.25) is 0 Å². The van der Waals surface area contributed by atoms with Crippen molar-refractivity contribution in [3.8, 4) is 0 Å². The maximum absolute atomic E-state index is 6.30. The second-order valence-corrected chi connectivity index (χ2v) is 9.03. The number of hydrogen-bond acceptors (Lipinski definition) is 1. The molecule has 0 aliphatic heterocycles. The predicted molar refractivity (Wildman–Crippen MR) is 108 cm³/mol. The van der Waals surface area contributed by atoms with Gasteiger partial charge in [0.1, 0.15) is 6.63 Å². The normalized spacial score (nSPS) is 10.8. The number of anilines is 2. The molecule has 0 heterocycles. The van der Waals surface area contributed by atoms with Crippen molar-refractivity contribution in [1.29, 1.82) is 0 Å². The molecule has 0 radical (unpaired) electrons. The molecule has 0 aromatic heterocycles. The number of aryl methyl sites for hydroxylation is 1. The van der Waals surface area contributed by atoms with Crippen LogP contribution >= 0.6 is 29.1 Å². The highest BCUT2D eigenvalue weighted by molar-refractivity contribution is 8.09. The second kappa shape index (κ2) is 8.03. The van der Waals surface area contributed by atoms with Crippen LogP contribution in [0, 0.1) is 6.92 Å². The Morgan fingerprint density at radius 1 is 0.750 bits per heavy atom. The largest absolute Gasteiger partial charge is 0.337 e. The van der Waals surface area contributed by atoms with Gasteiger partial charge in [-0.05, 0) is 42.3 Å². The van der Waals surface area contributed by atoms with Gasteiger partial charge in [0.2, 0.25) is 0 Å². The number of para-hydroxylation sites is 2. The third-order valence-electron chi connectivity index (χ3n) is 3.95. The van der Waals surface area contributed by atoms with Crippen molar-refractivity contribution in [2.24, 2.45) is 0 Å². The van der Waals surface area contributed by atoms with E-state index in [1.54, 1.807) is 0 Å². The summed E-state index contributed by atoms with van der Waals surface area (Å²) in [4.78, 5) is 2.28. The SMILES string of the molecule is Cc1cccc(CN(c2ccccc2)c2ccccc2)c1P(Cl)Cl. The topological polar surface area (TPSA) is 3.24 Å². The Labute approximate surface area is 154 Å². The molecule has 3 aromatic carbocycles. The average Bonchev–Trinajstić information content (AvgIpc) is 2.61. The van der Waals surface area contributed by atoms with E-state index in [0.29, 0.717) is 0 Å². The summed E-state index contributed by atoms with van der Waals surface area (Å²) < 4.78 is 0. The number of hydrogen-bond donors (Lipinski definition) is 0. The molecule has 0 aliphatic rings. The molecule has 0 saturated heterocycles. The number of nitrogens with zero attached hydrogens (tertiary/aromatic N) is 1. The van der Waals surface area contributed by atoms with Crippen LogP contribution in [-0.2, 0) is 6.54 Å². The minimum atomic E-state index is -1.19. The molecule has 0 fully saturated rings. The first-order valence-corrected chi connectivity index (χ1v) is 10.9. The van der Waals surface area contributed by atoms with Crippen LogP contribution < -0.4 is 10.2 Å². The first-order valence-electron chi connectivity index (χ1n) is 7.74. The molecule has 1 nitrogen and oxygen atoms in total. The molecule has 0 bridgehead atoms. The number of halogens is 2. The summed E-state index contributed by atoms with van der Waals surface area (Å²) >= 11 is 12.6. The maximum Gasteiger partial charge on any atom is 0.117 e. The second-order valence-electron chi connectivity index (χ2n) is 5.57. The summed E-state index contributed by atoms with van der Waals surface area (Å²) in [5, 5.41) is 1.06. The van der Waals surface area contributed by atoms with E-state index in [9.17, 15) is 0 Å². The average molecular weight is 374 g/mol. The first-order chi connectivity index (χ1) is 11.7. The van der Waals surface area contributed by atoms with Crippen molar-refractivity contribution in [2.75, 3.05) is 4.90 Å². The molecule has 0 N–H and O–H groups in total. The Morgan fingerprint density at radius 2 is 1.29 bits per heavy atom. The molecule has 4 heteroatoms. The summed E-state index contributed by atoms with van der Waals surface area (Å²) in [6.07, 6.45) is 0. The first kappa shape index (κ1) is 17.3. The molecular weight excluding hydrogens is 356 g/mol. The van der Waals surface area contributed by atoms with Crippen molar-refractivity contribution in [1.82, 2.24) is 0 Å². The van der Waals surface area contributed by atoms with Crippen LogP contribution in [0.15, 0.2) is 78.9 Å². The van der Waals surface area contributed by atoms with Crippen molar-refractivity contribution in [3.05, 3.63) is 90.0 Å². The van der Waals surface area contributed by atoms with E-state index in [0.717, 1.165) is 28.8 Å². The summed E-state index contributed by atoms with van der Waals surface area (Å²) in [5.41, 5.74) is 4.60. The molecule has 0 aliphatic carbocycles. The van der Waals surface area contributed by atoms with Gasteiger partial charge in [0.25, 0.3) is 0 Å². The van der Waals surface area contributed by atoms with Gasteiger partial charge in [-0.25, -0.2) is 0 Å². The van der Waals surface area contributed by atoms with Crippen LogP contribution in [0.4, 0.5) is 11.4 Å². The van der Waals surface area contributed by atoms with Gasteiger partial charge in [0, 0.05) is 23.2 Å². The van der Waals surface area contributed by atoms with Crippen molar-refractivity contribution in [2.45, 2.75) is 13.5 Å². The van der Waals surface area contributed by atoms with Crippen LogP contribution in [0.1, 0.15) is 11.1 Å². The third-order valence-corrected chi connectivity index (χ3v) is 5.95. The molecule has 0 unspecified atom stereocenters. The van der Waals surface area contributed by atoms with Crippen LogP contribution in [0.3, 0.4) is 0 Å². The molecule has 122 valence electrons. The van der Waals surface area contributed by atoms with Gasteiger partial charge in [0.05, 0.1) is 0 Å². The van der Waals surface area contributed by atoms with Crippen molar-refractivity contribution < 1.29 is 0 Å². The fourth-order valence-corrected chi connectivity index (χ4v) is 4.96. The zero-order valence-electron chi connectivity index (χ0n) is 13.4. The highest BCUT2D eigenvalue weighted by Gasteiger charge is 2.17. The van der Waals surface area contributed by atoms with Gasteiger partial charge in [-0.2, -0.15) is 0 Å². The van der Waals surface area contributed by atoms with Gasteiger partial charge >= 0.3 is 0 Å². The van der Waals surface area contributed by atoms with Crippen LogP contribution in [0.5, 0.6) is 0 Å². The summed E-state index contributed by atoms with van der Waals surface area (Å²) in [6, 6.07) is 27.0. The summed E-state index contributed by atoms with van der Waals surface area (Å²) in [7, 11) is 0. The molecule has 3 rings (SSSR count). The standard InChI is InChI=1S/C20H18Cl2NP/c1-16-9-8-10-17(20(16)24(21)22)15-23(18-11-4-2-5-12-18)19-13-6-3-7-14-19/h2-14H,15H2,1H3. The lowest BCUT2D eigenvalue weighted by Crippen LogP contribution is -2.21. The Morgan fingerprint density at radius 3 is 1.79 bits per heavy atom. The minimum Gasteiger partial charge on any atom is -0.337 e. The zero-order chi connectivity index (χ0) is 16.9. The quantitative estimate of drug-likeness (QED) is 0.447. The number of benzene rings is 3. The Bertz CT molecular complexity index is 752. The fourth-order valence-electron chi connectivity index (χ4n) is 2.81. The van der Waals surface area contributed by atoms with Crippen molar-refractivity contribution >= 4 is 45.8 Å². The van der Waals surface area contributed by atoms with Gasteiger partial charge < -0.3 is 4.90 Å². The van der Waals surface area contributed by atoms with Crippen LogP contribution in [0.2, 0.25) is 0 Å². The summed E-state index contributed by atoms with van der Waals surface area (Å²) in [6.45, 7) is 1.60. The molecule has 3 aromatic rings. The van der Waals surface area contributed by atoms with Gasteiger partial charge in [-0.1, -0.05) is 77.1 Å². The van der Waals surface area contributed by atoms with Gasteiger partial charge in [-0.15, -0.1) is 0 Å². The van der Waals surface area contributed by atoms with Crippen LogP contribution in [0.25, 0.3) is 0 Å². The molecule has 0 atom stereocenters. The van der Waals surface area contributed by atoms with Crippen LogP contribution in [-0.4, -0.2) is 0 Å². The van der Waals surface area contributed by atoms with E-state index in [1.807, 2.05) is 12.1 Å².